The van der Waals surface area contributed by atoms with Crippen LogP contribution in [0.3, 0.4) is 0 Å². The lowest BCUT2D eigenvalue weighted by Gasteiger charge is -1.83. The first-order valence-corrected chi connectivity index (χ1v) is 2.26. The van der Waals surface area contributed by atoms with Crippen molar-refractivity contribution in [2.75, 3.05) is 7.05 Å². The molecular formula is C6H11N. The molecule has 0 heterocycles. The van der Waals surface area contributed by atoms with Gasteiger partial charge >= 0.3 is 0 Å². The molecular weight excluding hydrogens is 86.1 g/mol. The van der Waals surface area contributed by atoms with Crippen molar-refractivity contribution in [3.05, 3.63) is 24.4 Å². The van der Waals surface area contributed by atoms with Crippen LogP contribution in [0.25, 0.3) is 0 Å². The summed E-state index contributed by atoms with van der Waals surface area (Å²) in [6, 6.07) is 0. The van der Waals surface area contributed by atoms with Crippen molar-refractivity contribution in [3.63, 3.8) is 0 Å². The minimum absolute atomic E-state index is 1.06. The highest BCUT2D eigenvalue weighted by Gasteiger charge is 1.66. The Balaban J connectivity index is 3.26. The molecule has 1 heteroatoms. The monoisotopic (exact) mass is 97.1 g/mol. The maximum atomic E-state index is 3.67. The quantitative estimate of drug-likeness (QED) is 0.512. The summed E-state index contributed by atoms with van der Waals surface area (Å²) < 4.78 is 0. The number of allylic oxidation sites excluding steroid dienone is 2. The number of rotatable bonds is 2. The Bertz CT molecular complexity index is 82.2. The van der Waals surface area contributed by atoms with Crippen molar-refractivity contribution >= 4 is 0 Å². The minimum atomic E-state index is 1.06. The predicted molar refractivity (Wildman–Crippen MR) is 33.0 cm³/mol. The summed E-state index contributed by atoms with van der Waals surface area (Å²) in [5, 5.41) is 2.86. The Labute approximate surface area is 44.7 Å². The minimum Gasteiger partial charge on any atom is -0.394 e. The van der Waals surface area contributed by atoms with Gasteiger partial charge in [0.1, 0.15) is 0 Å². The number of nitrogens with one attached hydrogen (secondary N) is 1. The molecule has 0 spiro atoms. The second-order valence-corrected chi connectivity index (χ2v) is 1.47. The third-order valence-corrected chi connectivity index (χ3v) is 0.535. The van der Waals surface area contributed by atoms with Gasteiger partial charge in [-0.3, -0.25) is 0 Å². The summed E-state index contributed by atoms with van der Waals surface area (Å²) >= 11 is 0. The first-order chi connectivity index (χ1) is 3.27. The molecule has 0 fully saturated rings. The molecule has 7 heavy (non-hydrogen) atoms. The van der Waals surface area contributed by atoms with Crippen LogP contribution in [0, 0.1) is 0 Å². The van der Waals surface area contributed by atoms with Crippen molar-refractivity contribution in [1.82, 2.24) is 5.32 Å². The van der Waals surface area contributed by atoms with E-state index in [1.54, 1.807) is 0 Å². The molecule has 0 unspecified atom stereocenters. The second kappa shape index (κ2) is 3.47. The van der Waals surface area contributed by atoms with Crippen LogP contribution < -0.4 is 5.32 Å². The van der Waals surface area contributed by atoms with Crippen LogP contribution >= 0.6 is 0 Å². The fourth-order valence-electron chi connectivity index (χ4n) is 0.226. The Kier molecular flexibility index (Phi) is 3.11. The van der Waals surface area contributed by atoms with Gasteiger partial charge in [-0.15, -0.1) is 0 Å². The Hall–Kier alpha value is -0.720. The van der Waals surface area contributed by atoms with Crippen molar-refractivity contribution in [1.29, 1.82) is 0 Å². The zero-order valence-electron chi connectivity index (χ0n) is 4.86. The molecule has 0 aliphatic carbocycles. The summed E-state index contributed by atoms with van der Waals surface area (Å²) in [7, 11) is 1.86. The van der Waals surface area contributed by atoms with Crippen LogP contribution in [-0.2, 0) is 0 Å². The van der Waals surface area contributed by atoms with Gasteiger partial charge in [-0.1, -0.05) is 12.2 Å². The summed E-state index contributed by atoms with van der Waals surface area (Å²) in [6.45, 7) is 5.62. The highest BCUT2D eigenvalue weighted by Crippen LogP contribution is 1.84. The molecule has 40 valence electrons. The first-order valence-electron chi connectivity index (χ1n) is 2.26. The SMILES string of the molecule is C=C(C)/C=C/NC. The Morgan fingerprint density at radius 3 is 2.43 bits per heavy atom. The molecule has 0 aliphatic rings. The molecule has 0 atom stereocenters. The molecule has 1 nitrogen and oxygen atoms in total. The van der Waals surface area contributed by atoms with Crippen LogP contribution in [0.4, 0.5) is 0 Å². The summed E-state index contributed by atoms with van der Waals surface area (Å²) in [5.74, 6) is 0. The van der Waals surface area contributed by atoms with E-state index in [9.17, 15) is 0 Å². The molecule has 0 radical (unpaired) electrons. The third-order valence-electron chi connectivity index (χ3n) is 0.535. The molecule has 0 saturated heterocycles. The molecule has 0 aromatic carbocycles. The highest BCUT2D eigenvalue weighted by atomic mass is 14.8. The summed E-state index contributed by atoms with van der Waals surface area (Å²) in [5.41, 5.74) is 1.06. The summed E-state index contributed by atoms with van der Waals surface area (Å²) in [4.78, 5) is 0. The fraction of sp³-hybridized carbons (Fsp3) is 0.333. The van der Waals surface area contributed by atoms with Crippen LogP contribution in [-0.4, -0.2) is 7.05 Å². The topological polar surface area (TPSA) is 12.0 Å². The first kappa shape index (κ1) is 6.28. The van der Waals surface area contributed by atoms with Gasteiger partial charge in [0.05, 0.1) is 0 Å². The van der Waals surface area contributed by atoms with E-state index in [1.807, 2.05) is 26.2 Å². The van der Waals surface area contributed by atoms with Crippen LogP contribution in [0.5, 0.6) is 0 Å². The van der Waals surface area contributed by atoms with Gasteiger partial charge in [0, 0.05) is 7.05 Å². The van der Waals surface area contributed by atoms with Gasteiger partial charge in [0.2, 0.25) is 0 Å². The standard InChI is InChI=1S/C6H11N/c1-6(2)4-5-7-3/h4-5,7H,1H2,2-3H3/b5-4+. The van der Waals surface area contributed by atoms with E-state index < -0.39 is 0 Å². The van der Waals surface area contributed by atoms with Gasteiger partial charge in [0.25, 0.3) is 0 Å². The van der Waals surface area contributed by atoms with Crippen LogP contribution in [0.2, 0.25) is 0 Å². The average Bonchev–Trinajstić information content (AvgIpc) is 1.61. The van der Waals surface area contributed by atoms with Gasteiger partial charge in [-0.2, -0.15) is 0 Å². The third kappa shape index (κ3) is 5.28. The normalized spacial score (nSPS) is 9.43. The largest absolute Gasteiger partial charge is 0.394 e. The van der Waals surface area contributed by atoms with E-state index in [1.165, 1.54) is 0 Å². The number of hydrogen-bond acceptors (Lipinski definition) is 1. The smallest absolute Gasteiger partial charge is 0.00277 e. The maximum Gasteiger partial charge on any atom is 0.00277 e. The van der Waals surface area contributed by atoms with Gasteiger partial charge in [-0.25, -0.2) is 0 Å². The lowest BCUT2D eigenvalue weighted by molar-refractivity contribution is 1.10. The molecule has 0 rings (SSSR count). The van der Waals surface area contributed by atoms with Crippen molar-refractivity contribution < 1.29 is 0 Å². The van der Waals surface area contributed by atoms with Gasteiger partial charge < -0.3 is 5.32 Å². The van der Waals surface area contributed by atoms with Crippen molar-refractivity contribution in [2.45, 2.75) is 6.92 Å². The van der Waals surface area contributed by atoms with Crippen molar-refractivity contribution in [2.24, 2.45) is 0 Å². The second-order valence-electron chi connectivity index (χ2n) is 1.47. The lowest BCUT2D eigenvalue weighted by Crippen LogP contribution is -1.90. The zero-order chi connectivity index (χ0) is 5.70. The van der Waals surface area contributed by atoms with E-state index >= 15 is 0 Å². The molecule has 0 aromatic heterocycles. The maximum absolute atomic E-state index is 3.67. The highest BCUT2D eigenvalue weighted by molar-refractivity contribution is 5.09. The van der Waals surface area contributed by atoms with Gasteiger partial charge in [-0.05, 0) is 19.2 Å². The lowest BCUT2D eigenvalue weighted by atomic mass is 10.3. The summed E-state index contributed by atoms with van der Waals surface area (Å²) in [6.07, 6.45) is 3.77. The molecule has 0 aliphatic heterocycles. The molecule has 0 aromatic rings. The molecule has 0 amide bonds. The van der Waals surface area contributed by atoms with E-state index in [0.29, 0.717) is 0 Å². The van der Waals surface area contributed by atoms with E-state index in [4.69, 9.17) is 0 Å². The van der Waals surface area contributed by atoms with Crippen molar-refractivity contribution in [3.8, 4) is 0 Å². The predicted octanol–water partition coefficient (Wildman–Crippen LogP) is 1.30. The van der Waals surface area contributed by atoms with E-state index in [-0.39, 0.29) is 0 Å². The number of hydrogen-bond donors (Lipinski definition) is 1. The van der Waals surface area contributed by atoms with Crippen LogP contribution in [0.1, 0.15) is 6.92 Å². The van der Waals surface area contributed by atoms with E-state index in [0.717, 1.165) is 5.57 Å². The Morgan fingerprint density at radius 2 is 2.29 bits per heavy atom. The Morgan fingerprint density at radius 1 is 1.71 bits per heavy atom. The average molecular weight is 97.2 g/mol. The molecule has 0 bridgehead atoms. The zero-order valence-corrected chi connectivity index (χ0v) is 4.86. The molecule has 1 N–H and O–H groups in total. The van der Waals surface area contributed by atoms with Gasteiger partial charge in [0.15, 0.2) is 0 Å². The molecule has 0 saturated carbocycles. The van der Waals surface area contributed by atoms with Crippen LogP contribution in [0.15, 0.2) is 24.4 Å². The van der Waals surface area contributed by atoms with E-state index in [2.05, 4.69) is 11.9 Å². The fourth-order valence-corrected chi connectivity index (χ4v) is 0.226.